The van der Waals surface area contributed by atoms with Crippen molar-refractivity contribution >= 4 is 15.9 Å². The highest BCUT2D eigenvalue weighted by atomic mass is 79.9. The monoisotopic (exact) mass is 344 g/mol. The number of rotatable bonds is 5. The second-order valence-electron chi connectivity index (χ2n) is 4.56. The Morgan fingerprint density at radius 2 is 1.90 bits per heavy atom. The van der Waals surface area contributed by atoms with E-state index < -0.39 is 0 Å². The first-order valence-corrected chi connectivity index (χ1v) is 7.58. The van der Waals surface area contributed by atoms with Crippen LogP contribution in [0.25, 0.3) is 0 Å². The maximum Gasteiger partial charge on any atom is 0.0732 e. The molecule has 2 aromatic carbocycles. The fourth-order valence-corrected chi connectivity index (χ4v) is 2.25. The standard InChI is InChI=1S/C18H17BrO2/c19-18-10-2-1-9-17(18)14-21-13-16-8-5-7-15(12-16)6-3-4-11-20/h1-2,5,7-10,12,20H,4,11,13-14H2. The number of hydrogen-bond donors (Lipinski definition) is 1. The van der Waals surface area contributed by atoms with Crippen LogP contribution in [-0.4, -0.2) is 11.7 Å². The van der Waals surface area contributed by atoms with Crippen LogP contribution >= 0.6 is 15.9 Å². The van der Waals surface area contributed by atoms with Crippen molar-refractivity contribution in [1.29, 1.82) is 0 Å². The van der Waals surface area contributed by atoms with Crippen LogP contribution in [0.5, 0.6) is 0 Å². The Labute approximate surface area is 133 Å². The zero-order chi connectivity index (χ0) is 14.9. The quantitative estimate of drug-likeness (QED) is 0.833. The van der Waals surface area contributed by atoms with Crippen molar-refractivity contribution in [2.24, 2.45) is 0 Å². The molecule has 0 saturated carbocycles. The minimum atomic E-state index is 0.0990. The van der Waals surface area contributed by atoms with Gasteiger partial charge in [-0.05, 0) is 29.3 Å². The van der Waals surface area contributed by atoms with Crippen molar-refractivity contribution in [3.05, 3.63) is 69.7 Å². The predicted octanol–water partition coefficient (Wildman–Crippen LogP) is 3.90. The summed E-state index contributed by atoms with van der Waals surface area (Å²) in [5.41, 5.74) is 3.18. The van der Waals surface area contributed by atoms with E-state index in [1.165, 1.54) is 0 Å². The molecule has 0 bridgehead atoms. The van der Waals surface area contributed by atoms with E-state index in [4.69, 9.17) is 9.84 Å². The highest BCUT2D eigenvalue weighted by molar-refractivity contribution is 9.10. The molecule has 21 heavy (non-hydrogen) atoms. The molecule has 1 N–H and O–H groups in total. The first-order valence-electron chi connectivity index (χ1n) is 6.79. The lowest BCUT2D eigenvalue weighted by molar-refractivity contribution is 0.107. The Morgan fingerprint density at radius 1 is 1.05 bits per heavy atom. The third-order valence-electron chi connectivity index (χ3n) is 2.88. The average Bonchev–Trinajstić information content (AvgIpc) is 2.50. The van der Waals surface area contributed by atoms with Gasteiger partial charge in [0.2, 0.25) is 0 Å². The van der Waals surface area contributed by atoms with Gasteiger partial charge in [0, 0.05) is 16.5 Å². The first-order chi connectivity index (χ1) is 10.3. The highest BCUT2D eigenvalue weighted by Crippen LogP contribution is 2.17. The van der Waals surface area contributed by atoms with Gasteiger partial charge in [-0.3, -0.25) is 0 Å². The molecular formula is C18H17BrO2. The summed E-state index contributed by atoms with van der Waals surface area (Å²) >= 11 is 3.51. The molecule has 2 aromatic rings. The molecule has 0 fully saturated rings. The zero-order valence-electron chi connectivity index (χ0n) is 11.7. The minimum absolute atomic E-state index is 0.0990. The van der Waals surface area contributed by atoms with Crippen molar-refractivity contribution in [1.82, 2.24) is 0 Å². The summed E-state index contributed by atoms with van der Waals surface area (Å²) in [5.74, 6) is 5.95. The molecule has 0 radical (unpaired) electrons. The summed E-state index contributed by atoms with van der Waals surface area (Å²) in [4.78, 5) is 0. The Balaban J connectivity index is 1.90. The number of hydrogen-bond acceptors (Lipinski definition) is 2. The van der Waals surface area contributed by atoms with Crippen LogP contribution in [0.4, 0.5) is 0 Å². The van der Waals surface area contributed by atoms with Crippen molar-refractivity contribution in [2.45, 2.75) is 19.6 Å². The van der Waals surface area contributed by atoms with Crippen molar-refractivity contribution in [3.63, 3.8) is 0 Å². The molecule has 2 nitrogen and oxygen atoms in total. The molecule has 0 aliphatic carbocycles. The number of aliphatic hydroxyl groups is 1. The van der Waals surface area contributed by atoms with Gasteiger partial charge in [-0.25, -0.2) is 0 Å². The van der Waals surface area contributed by atoms with Crippen LogP contribution in [0.1, 0.15) is 23.1 Å². The van der Waals surface area contributed by atoms with Crippen LogP contribution < -0.4 is 0 Å². The number of benzene rings is 2. The molecule has 0 saturated heterocycles. The molecule has 0 unspecified atom stereocenters. The van der Waals surface area contributed by atoms with E-state index in [0.717, 1.165) is 21.2 Å². The molecule has 0 spiro atoms. The normalized spacial score (nSPS) is 10.0. The van der Waals surface area contributed by atoms with Crippen molar-refractivity contribution in [2.75, 3.05) is 6.61 Å². The third kappa shape index (κ3) is 5.35. The largest absolute Gasteiger partial charge is 0.395 e. The Hall–Kier alpha value is -1.60. The number of aliphatic hydroxyl groups excluding tert-OH is 1. The van der Waals surface area contributed by atoms with E-state index in [0.29, 0.717) is 19.6 Å². The second kappa shape index (κ2) is 8.63. The molecule has 3 heteroatoms. The lowest BCUT2D eigenvalue weighted by atomic mass is 10.1. The predicted molar refractivity (Wildman–Crippen MR) is 87.7 cm³/mol. The number of halogens is 1. The van der Waals surface area contributed by atoms with Crippen molar-refractivity contribution in [3.8, 4) is 11.8 Å². The molecule has 0 aliphatic rings. The van der Waals surface area contributed by atoms with Crippen LogP contribution in [0.15, 0.2) is 53.0 Å². The number of ether oxygens (including phenoxy) is 1. The summed E-state index contributed by atoms with van der Waals surface area (Å²) in [6.07, 6.45) is 0.503. The van der Waals surface area contributed by atoms with Crippen molar-refractivity contribution < 1.29 is 9.84 Å². The summed E-state index contributed by atoms with van der Waals surface area (Å²) < 4.78 is 6.81. The molecule has 0 aromatic heterocycles. The van der Waals surface area contributed by atoms with Gasteiger partial charge in [-0.1, -0.05) is 58.1 Å². The van der Waals surface area contributed by atoms with Crippen LogP contribution in [-0.2, 0) is 18.0 Å². The zero-order valence-corrected chi connectivity index (χ0v) is 13.3. The summed E-state index contributed by atoms with van der Waals surface area (Å²) in [7, 11) is 0. The second-order valence-corrected chi connectivity index (χ2v) is 5.41. The summed E-state index contributed by atoms with van der Waals surface area (Å²) in [6.45, 7) is 1.22. The molecule has 2 rings (SSSR count). The highest BCUT2D eigenvalue weighted by Gasteiger charge is 1.99. The van der Waals surface area contributed by atoms with Crippen LogP contribution in [0.3, 0.4) is 0 Å². The van der Waals surface area contributed by atoms with Crippen LogP contribution in [0.2, 0.25) is 0 Å². The topological polar surface area (TPSA) is 29.5 Å². The smallest absolute Gasteiger partial charge is 0.0732 e. The summed E-state index contributed by atoms with van der Waals surface area (Å²) in [5, 5.41) is 8.72. The lowest BCUT2D eigenvalue weighted by Gasteiger charge is -2.06. The van der Waals surface area contributed by atoms with Gasteiger partial charge >= 0.3 is 0 Å². The maximum atomic E-state index is 8.72. The van der Waals surface area contributed by atoms with E-state index >= 15 is 0 Å². The lowest BCUT2D eigenvalue weighted by Crippen LogP contribution is -1.95. The van der Waals surface area contributed by atoms with E-state index in [2.05, 4.69) is 27.8 Å². The molecular weight excluding hydrogens is 328 g/mol. The molecule has 0 aliphatic heterocycles. The third-order valence-corrected chi connectivity index (χ3v) is 3.65. The van der Waals surface area contributed by atoms with E-state index in [1.54, 1.807) is 0 Å². The van der Waals surface area contributed by atoms with E-state index in [9.17, 15) is 0 Å². The average molecular weight is 345 g/mol. The Bertz CT molecular complexity index is 641. The molecule has 0 amide bonds. The van der Waals surface area contributed by atoms with Gasteiger partial charge in [-0.2, -0.15) is 0 Å². The first kappa shape index (κ1) is 15.8. The van der Waals surface area contributed by atoms with Crippen LogP contribution in [0, 0.1) is 11.8 Å². The van der Waals surface area contributed by atoms with Gasteiger partial charge < -0.3 is 9.84 Å². The van der Waals surface area contributed by atoms with Gasteiger partial charge in [0.15, 0.2) is 0 Å². The molecule has 0 heterocycles. The van der Waals surface area contributed by atoms with Gasteiger partial charge in [-0.15, -0.1) is 0 Å². The Morgan fingerprint density at radius 3 is 2.71 bits per heavy atom. The van der Waals surface area contributed by atoms with Gasteiger partial charge in [0.25, 0.3) is 0 Å². The SMILES string of the molecule is OCCC#Cc1cccc(COCc2ccccc2Br)c1. The molecule has 0 atom stereocenters. The fourth-order valence-electron chi connectivity index (χ4n) is 1.85. The van der Waals surface area contributed by atoms with Gasteiger partial charge in [0.05, 0.1) is 19.8 Å². The summed E-state index contributed by atoms with van der Waals surface area (Å²) in [6, 6.07) is 16.0. The van der Waals surface area contributed by atoms with E-state index in [-0.39, 0.29) is 6.61 Å². The molecule has 108 valence electrons. The maximum absolute atomic E-state index is 8.72. The van der Waals surface area contributed by atoms with E-state index in [1.807, 2.05) is 48.5 Å². The Kier molecular flexibility index (Phi) is 6.49. The minimum Gasteiger partial charge on any atom is -0.395 e. The van der Waals surface area contributed by atoms with Gasteiger partial charge in [0.1, 0.15) is 0 Å². The fraction of sp³-hybridized carbons (Fsp3) is 0.222.